The van der Waals surface area contributed by atoms with Crippen LogP contribution in [0.5, 0.6) is 5.75 Å². The van der Waals surface area contributed by atoms with Crippen molar-refractivity contribution in [2.24, 2.45) is 17.8 Å². The zero-order chi connectivity index (χ0) is 26.7. The number of pyridine rings is 1. The third kappa shape index (κ3) is 4.56. The summed E-state index contributed by atoms with van der Waals surface area (Å²) in [5.41, 5.74) is -0.162. The molecule has 2 N–H and O–H groups in total. The van der Waals surface area contributed by atoms with Gasteiger partial charge in [-0.25, -0.2) is 13.4 Å². The first-order valence-electron chi connectivity index (χ1n) is 13.6. The summed E-state index contributed by atoms with van der Waals surface area (Å²) in [6, 6.07) is 11.9. The monoisotopic (exact) mass is 540 g/mol. The minimum atomic E-state index is -3.63. The molecule has 3 atom stereocenters. The summed E-state index contributed by atoms with van der Waals surface area (Å²) < 4.78 is 33.1. The van der Waals surface area contributed by atoms with Crippen molar-refractivity contribution in [3.63, 3.8) is 0 Å². The van der Waals surface area contributed by atoms with Gasteiger partial charge in [0.1, 0.15) is 17.3 Å². The summed E-state index contributed by atoms with van der Waals surface area (Å²) in [7, 11) is -2.08. The highest BCUT2D eigenvalue weighted by atomic mass is 32.2. The molecular formula is C28H36N4O5S. The summed E-state index contributed by atoms with van der Waals surface area (Å²) >= 11 is 0. The van der Waals surface area contributed by atoms with Crippen LogP contribution >= 0.6 is 0 Å². The van der Waals surface area contributed by atoms with Crippen molar-refractivity contribution in [2.45, 2.75) is 61.6 Å². The van der Waals surface area contributed by atoms with E-state index in [1.807, 2.05) is 19.1 Å². The number of sulfonamides is 1. The molecule has 2 unspecified atom stereocenters. The van der Waals surface area contributed by atoms with Gasteiger partial charge < -0.3 is 20.1 Å². The number of hydrogen-bond acceptors (Lipinski definition) is 7. The van der Waals surface area contributed by atoms with E-state index in [9.17, 15) is 18.3 Å². The first-order chi connectivity index (χ1) is 18.1. The Morgan fingerprint density at radius 2 is 1.79 bits per heavy atom. The van der Waals surface area contributed by atoms with Gasteiger partial charge in [0.25, 0.3) is 5.91 Å². The summed E-state index contributed by atoms with van der Waals surface area (Å²) in [6.45, 7) is 3.10. The van der Waals surface area contributed by atoms with Gasteiger partial charge in [0.05, 0.1) is 17.6 Å². The molecule has 38 heavy (non-hydrogen) atoms. The molecule has 1 aromatic heterocycles. The van der Waals surface area contributed by atoms with Crippen LogP contribution in [0.4, 0.5) is 5.82 Å². The SMILES string of the molecule is COc1ccc(S(=O)(=O)N2CCN(c3cccc(C(=O)NC4C5CC6CC4CC(O)(C6)C5)n3)[C@H](C)C2)cc1. The average Bonchev–Trinajstić information content (AvgIpc) is 2.89. The number of nitrogens with zero attached hydrogens (tertiary/aromatic N) is 3. The lowest BCUT2D eigenvalue weighted by Crippen LogP contribution is -2.61. The molecular weight excluding hydrogens is 504 g/mol. The number of benzene rings is 1. The molecule has 4 bridgehead atoms. The topological polar surface area (TPSA) is 112 Å². The van der Waals surface area contributed by atoms with E-state index in [-0.39, 0.29) is 22.9 Å². The number of piperazine rings is 1. The van der Waals surface area contributed by atoms with Gasteiger partial charge in [-0.05, 0) is 93.2 Å². The van der Waals surface area contributed by atoms with E-state index in [0.717, 1.165) is 32.1 Å². The smallest absolute Gasteiger partial charge is 0.270 e. The molecule has 5 fully saturated rings. The number of nitrogens with one attached hydrogen (secondary N) is 1. The molecule has 0 spiro atoms. The van der Waals surface area contributed by atoms with Crippen molar-refractivity contribution in [2.75, 3.05) is 31.6 Å². The Morgan fingerprint density at radius 3 is 2.42 bits per heavy atom. The number of carbonyl (C=O) groups excluding carboxylic acids is 1. The number of rotatable bonds is 6. The zero-order valence-corrected chi connectivity index (χ0v) is 22.7. The fourth-order valence-electron chi connectivity index (χ4n) is 7.53. The molecule has 10 heteroatoms. The molecule has 0 radical (unpaired) electrons. The van der Waals surface area contributed by atoms with Gasteiger partial charge in [-0.2, -0.15) is 4.31 Å². The van der Waals surface area contributed by atoms with Crippen molar-refractivity contribution < 1.29 is 23.1 Å². The van der Waals surface area contributed by atoms with Gasteiger partial charge in [-0.1, -0.05) is 6.07 Å². The Hall–Kier alpha value is -2.69. The molecule has 4 saturated carbocycles. The Kier molecular flexibility index (Phi) is 6.39. The van der Waals surface area contributed by atoms with Crippen LogP contribution < -0.4 is 15.0 Å². The fraction of sp³-hybridized carbons (Fsp3) is 0.571. The van der Waals surface area contributed by atoms with E-state index in [0.29, 0.717) is 54.6 Å². The first kappa shape index (κ1) is 25.6. The second-order valence-electron chi connectivity index (χ2n) is 11.7. The highest BCUT2D eigenvalue weighted by molar-refractivity contribution is 7.89. The van der Waals surface area contributed by atoms with Gasteiger partial charge in [0.2, 0.25) is 10.0 Å². The quantitative estimate of drug-likeness (QED) is 0.579. The molecule has 5 aliphatic rings. The first-order valence-corrected chi connectivity index (χ1v) is 15.0. The third-order valence-electron chi connectivity index (χ3n) is 9.09. The van der Waals surface area contributed by atoms with Crippen molar-refractivity contribution in [1.29, 1.82) is 0 Å². The minimum absolute atomic E-state index is 0.0930. The van der Waals surface area contributed by atoms with Crippen LogP contribution in [0.2, 0.25) is 0 Å². The predicted octanol–water partition coefficient (Wildman–Crippen LogP) is 2.66. The van der Waals surface area contributed by atoms with E-state index in [1.54, 1.807) is 37.4 Å². The predicted molar refractivity (Wildman–Crippen MR) is 143 cm³/mol. The molecule has 1 amide bonds. The zero-order valence-electron chi connectivity index (χ0n) is 21.9. The maximum Gasteiger partial charge on any atom is 0.270 e. The van der Waals surface area contributed by atoms with E-state index >= 15 is 0 Å². The fourth-order valence-corrected chi connectivity index (χ4v) is 9.04. The van der Waals surface area contributed by atoms with Crippen LogP contribution in [0, 0.1) is 17.8 Å². The molecule has 2 heterocycles. The van der Waals surface area contributed by atoms with Crippen molar-refractivity contribution >= 4 is 21.7 Å². The number of hydrogen-bond donors (Lipinski definition) is 2. The number of carbonyl (C=O) groups is 1. The Labute approximate surface area is 224 Å². The second kappa shape index (κ2) is 9.50. The molecule has 4 aliphatic carbocycles. The highest BCUT2D eigenvalue weighted by Gasteiger charge is 2.55. The number of anilines is 1. The Bertz CT molecular complexity index is 1300. The number of methoxy groups -OCH3 is 1. The Balaban J connectivity index is 1.12. The largest absolute Gasteiger partial charge is 0.497 e. The molecule has 1 saturated heterocycles. The number of amides is 1. The summed E-state index contributed by atoms with van der Waals surface area (Å²) in [5.74, 6) is 2.35. The third-order valence-corrected chi connectivity index (χ3v) is 11.0. The maximum atomic E-state index is 13.3. The van der Waals surface area contributed by atoms with Crippen molar-refractivity contribution in [3.05, 3.63) is 48.2 Å². The number of aliphatic hydroxyl groups is 1. The summed E-state index contributed by atoms with van der Waals surface area (Å²) in [4.78, 5) is 20.3. The molecule has 7 rings (SSSR count). The van der Waals surface area contributed by atoms with Gasteiger partial charge in [0.15, 0.2) is 0 Å². The van der Waals surface area contributed by atoms with Crippen LogP contribution in [0.1, 0.15) is 49.5 Å². The number of aromatic nitrogens is 1. The highest BCUT2D eigenvalue weighted by Crippen LogP contribution is 2.55. The van der Waals surface area contributed by atoms with E-state index in [4.69, 9.17) is 9.72 Å². The average molecular weight is 541 g/mol. The molecule has 1 aliphatic heterocycles. The minimum Gasteiger partial charge on any atom is -0.497 e. The van der Waals surface area contributed by atoms with Gasteiger partial charge in [0, 0.05) is 31.7 Å². The Morgan fingerprint density at radius 1 is 1.08 bits per heavy atom. The van der Waals surface area contributed by atoms with Crippen LogP contribution in [0.25, 0.3) is 0 Å². The van der Waals surface area contributed by atoms with Crippen molar-refractivity contribution in [1.82, 2.24) is 14.6 Å². The van der Waals surface area contributed by atoms with Crippen molar-refractivity contribution in [3.8, 4) is 5.75 Å². The maximum absolute atomic E-state index is 13.3. The molecule has 204 valence electrons. The van der Waals surface area contributed by atoms with Crippen LogP contribution in [0.3, 0.4) is 0 Å². The van der Waals surface area contributed by atoms with Crippen LogP contribution in [-0.2, 0) is 10.0 Å². The van der Waals surface area contributed by atoms with Gasteiger partial charge in [-0.15, -0.1) is 0 Å². The summed E-state index contributed by atoms with van der Waals surface area (Å²) in [5, 5.41) is 14.1. The molecule has 2 aromatic rings. The summed E-state index contributed by atoms with van der Waals surface area (Å²) in [6.07, 6.45) is 4.63. The van der Waals surface area contributed by atoms with Gasteiger partial charge >= 0.3 is 0 Å². The standard InChI is InChI=1S/C28H36N4O5S/c1-18-17-31(38(35,36)23-8-6-22(37-2)7-9-23)10-11-32(18)25-5-3-4-24(29-25)27(33)30-26-20-12-19-13-21(26)16-28(34,14-19)15-20/h3-9,18-21,26,34H,10-17H2,1-2H3,(H,30,33)/t18-,19?,20?,21?,26?,28?/m1/s1. The number of ether oxygens (including phenoxy) is 1. The lowest BCUT2D eigenvalue weighted by molar-refractivity contribution is -0.136. The van der Waals surface area contributed by atoms with Crippen LogP contribution in [-0.4, -0.2) is 73.1 Å². The van der Waals surface area contributed by atoms with E-state index in [2.05, 4.69) is 10.2 Å². The second-order valence-corrected chi connectivity index (χ2v) is 13.6. The molecule has 9 nitrogen and oxygen atoms in total. The lowest BCUT2D eigenvalue weighted by Gasteiger charge is -2.58. The molecule has 1 aromatic carbocycles. The van der Waals surface area contributed by atoms with Crippen LogP contribution in [0.15, 0.2) is 47.4 Å². The van der Waals surface area contributed by atoms with E-state index < -0.39 is 15.6 Å². The normalized spacial score (nSPS) is 32.8. The lowest BCUT2D eigenvalue weighted by atomic mass is 9.52. The van der Waals surface area contributed by atoms with E-state index in [1.165, 1.54) is 4.31 Å². The van der Waals surface area contributed by atoms with Gasteiger partial charge in [-0.3, -0.25) is 4.79 Å².